The minimum atomic E-state index is 0.0397. The number of methoxy groups -OCH3 is 2. The molecule has 4 rings (SSSR count). The number of rotatable bonds is 6. The van der Waals surface area contributed by atoms with Crippen LogP contribution in [0.5, 0.6) is 11.5 Å². The molecule has 1 aliphatic rings. The van der Waals surface area contributed by atoms with Crippen molar-refractivity contribution < 1.29 is 18.7 Å². The minimum Gasteiger partial charge on any atom is -0.493 e. The summed E-state index contributed by atoms with van der Waals surface area (Å²) in [6.45, 7) is 3.83. The lowest BCUT2D eigenvalue weighted by Gasteiger charge is -2.35. The van der Waals surface area contributed by atoms with Crippen LogP contribution in [0.25, 0.3) is 11.5 Å². The van der Waals surface area contributed by atoms with Gasteiger partial charge in [0.2, 0.25) is 12.3 Å². The number of hydrogen-bond acceptors (Lipinski definition) is 7. The van der Waals surface area contributed by atoms with Crippen molar-refractivity contribution in [1.82, 2.24) is 20.0 Å². The van der Waals surface area contributed by atoms with Gasteiger partial charge in [-0.2, -0.15) is 0 Å². The zero-order valence-corrected chi connectivity index (χ0v) is 17.1. The second kappa shape index (κ2) is 8.96. The topological polar surface area (TPSA) is 80.9 Å². The van der Waals surface area contributed by atoms with Crippen LogP contribution in [0.2, 0.25) is 0 Å². The van der Waals surface area contributed by atoms with Gasteiger partial charge in [0.1, 0.15) is 0 Å². The maximum absolute atomic E-state index is 12.8. The predicted molar refractivity (Wildman–Crippen MR) is 110 cm³/mol. The standard InChI is InChI=1S/C22H24N4O4/c1-28-19-8-3-16(13-20(19)29-2)14-25-9-11-26(12-10-25)22(27)18-6-4-17(5-7-18)21-24-23-15-30-21/h3-8,13,15H,9-12,14H2,1-2H3. The maximum atomic E-state index is 12.8. The predicted octanol–water partition coefficient (Wildman–Crippen LogP) is 2.71. The summed E-state index contributed by atoms with van der Waals surface area (Å²) in [5, 5.41) is 7.56. The van der Waals surface area contributed by atoms with Crippen molar-refractivity contribution >= 4 is 5.91 Å². The molecule has 0 N–H and O–H groups in total. The van der Waals surface area contributed by atoms with Crippen molar-refractivity contribution in [2.45, 2.75) is 6.54 Å². The molecule has 0 saturated carbocycles. The number of carbonyl (C=O) groups excluding carboxylic acids is 1. The monoisotopic (exact) mass is 408 g/mol. The zero-order valence-electron chi connectivity index (χ0n) is 17.1. The first-order chi connectivity index (χ1) is 14.7. The molecular formula is C22H24N4O4. The minimum absolute atomic E-state index is 0.0397. The molecule has 1 fully saturated rings. The first-order valence-corrected chi connectivity index (χ1v) is 9.77. The van der Waals surface area contributed by atoms with Crippen molar-refractivity contribution in [3.63, 3.8) is 0 Å². The van der Waals surface area contributed by atoms with Gasteiger partial charge < -0.3 is 18.8 Å². The molecule has 156 valence electrons. The molecule has 8 nitrogen and oxygen atoms in total. The van der Waals surface area contributed by atoms with Gasteiger partial charge in [0.25, 0.3) is 5.91 Å². The van der Waals surface area contributed by atoms with E-state index in [9.17, 15) is 4.79 Å². The SMILES string of the molecule is COc1ccc(CN2CCN(C(=O)c3ccc(-c4nnco4)cc3)CC2)cc1OC. The van der Waals surface area contributed by atoms with E-state index in [1.165, 1.54) is 6.39 Å². The number of benzene rings is 2. The molecule has 30 heavy (non-hydrogen) atoms. The normalized spacial score (nSPS) is 14.5. The van der Waals surface area contributed by atoms with Crippen molar-refractivity contribution in [1.29, 1.82) is 0 Å². The lowest BCUT2D eigenvalue weighted by Crippen LogP contribution is -2.48. The number of piperazine rings is 1. The number of hydrogen-bond donors (Lipinski definition) is 0. The molecule has 2 aromatic carbocycles. The highest BCUT2D eigenvalue weighted by molar-refractivity contribution is 5.94. The second-order valence-corrected chi connectivity index (χ2v) is 7.08. The van der Waals surface area contributed by atoms with Gasteiger partial charge in [-0.15, -0.1) is 10.2 Å². The molecular weight excluding hydrogens is 384 g/mol. The number of aromatic nitrogens is 2. The van der Waals surface area contributed by atoms with E-state index >= 15 is 0 Å². The van der Waals surface area contributed by atoms with Crippen LogP contribution < -0.4 is 9.47 Å². The van der Waals surface area contributed by atoms with E-state index in [0.717, 1.165) is 42.3 Å². The van der Waals surface area contributed by atoms with Crippen molar-refractivity contribution in [3.8, 4) is 23.0 Å². The summed E-state index contributed by atoms with van der Waals surface area (Å²) in [5.74, 6) is 1.94. The fraction of sp³-hybridized carbons (Fsp3) is 0.318. The van der Waals surface area contributed by atoms with E-state index in [-0.39, 0.29) is 5.91 Å². The van der Waals surface area contributed by atoms with E-state index in [1.807, 2.05) is 35.2 Å². The summed E-state index contributed by atoms with van der Waals surface area (Å²) >= 11 is 0. The van der Waals surface area contributed by atoms with Gasteiger partial charge in [-0.3, -0.25) is 9.69 Å². The van der Waals surface area contributed by atoms with Gasteiger partial charge in [0.15, 0.2) is 11.5 Å². The van der Waals surface area contributed by atoms with Crippen molar-refractivity contribution in [2.24, 2.45) is 0 Å². The Labute approximate surface area is 175 Å². The highest BCUT2D eigenvalue weighted by atomic mass is 16.5. The molecule has 8 heteroatoms. The lowest BCUT2D eigenvalue weighted by atomic mass is 10.1. The fourth-order valence-electron chi connectivity index (χ4n) is 3.58. The summed E-state index contributed by atoms with van der Waals surface area (Å²) in [5.41, 5.74) is 2.61. The van der Waals surface area contributed by atoms with Crippen molar-refractivity contribution in [2.75, 3.05) is 40.4 Å². The van der Waals surface area contributed by atoms with Crippen LogP contribution in [0.4, 0.5) is 0 Å². The van der Waals surface area contributed by atoms with Gasteiger partial charge in [0, 0.05) is 43.9 Å². The Morgan fingerprint density at radius 1 is 1.00 bits per heavy atom. The summed E-state index contributed by atoms with van der Waals surface area (Å²) in [7, 11) is 3.27. The largest absolute Gasteiger partial charge is 0.493 e. The molecule has 0 atom stereocenters. The number of carbonyl (C=O) groups is 1. The Morgan fingerprint density at radius 2 is 1.73 bits per heavy atom. The van der Waals surface area contributed by atoms with Crippen LogP contribution in [-0.2, 0) is 6.54 Å². The molecule has 1 amide bonds. The highest BCUT2D eigenvalue weighted by Gasteiger charge is 2.22. The summed E-state index contributed by atoms with van der Waals surface area (Å²) < 4.78 is 15.9. The van der Waals surface area contributed by atoms with Crippen LogP contribution >= 0.6 is 0 Å². The number of amides is 1. The smallest absolute Gasteiger partial charge is 0.253 e. The first-order valence-electron chi connectivity index (χ1n) is 9.77. The first kappa shape index (κ1) is 19.9. The van der Waals surface area contributed by atoms with Gasteiger partial charge in [-0.1, -0.05) is 6.07 Å². The van der Waals surface area contributed by atoms with Crippen LogP contribution in [0.15, 0.2) is 53.3 Å². The molecule has 0 unspecified atom stereocenters. The molecule has 3 aromatic rings. The molecule has 1 saturated heterocycles. The van der Waals surface area contributed by atoms with E-state index in [0.29, 0.717) is 24.5 Å². The summed E-state index contributed by atoms with van der Waals surface area (Å²) in [4.78, 5) is 17.1. The maximum Gasteiger partial charge on any atom is 0.253 e. The number of nitrogens with zero attached hydrogens (tertiary/aromatic N) is 4. The van der Waals surface area contributed by atoms with Crippen LogP contribution in [0.1, 0.15) is 15.9 Å². The molecule has 0 spiro atoms. The highest BCUT2D eigenvalue weighted by Crippen LogP contribution is 2.28. The van der Waals surface area contributed by atoms with E-state index in [1.54, 1.807) is 26.4 Å². The molecule has 1 aromatic heterocycles. The third kappa shape index (κ3) is 4.28. The third-order valence-corrected chi connectivity index (χ3v) is 5.25. The molecule has 2 heterocycles. The fourth-order valence-corrected chi connectivity index (χ4v) is 3.58. The van der Waals surface area contributed by atoms with Crippen LogP contribution in [-0.4, -0.2) is 66.3 Å². The quantitative estimate of drug-likeness (QED) is 0.620. The summed E-state index contributed by atoms with van der Waals surface area (Å²) in [6, 6.07) is 13.2. The van der Waals surface area contributed by atoms with Crippen LogP contribution in [0, 0.1) is 0 Å². The Bertz CT molecular complexity index is 981. The Morgan fingerprint density at radius 3 is 2.37 bits per heavy atom. The summed E-state index contributed by atoms with van der Waals surface area (Å²) in [6.07, 6.45) is 1.29. The van der Waals surface area contributed by atoms with Crippen molar-refractivity contribution in [3.05, 3.63) is 60.0 Å². The van der Waals surface area contributed by atoms with Crippen LogP contribution in [0.3, 0.4) is 0 Å². The van der Waals surface area contributed by atoms with E-state index in [2.05, 4.69) is 15.1 Å². The number of ether oxygens (including phenoxy) is 2. The van der Waals surface area contributed by atoms with Gasteiger partial charge >= 0.3 is 0 Å². The molecule has 0 bridgehead atoms. The molecule has 0 radical (unpaired) electrons. The molecule has 0 aliphatic carbocycles. The second-order valence-electron chi connectivity index (χ2n) is 7.08. The van der Waals surface area contributed by atoms with E-state index in [4.69, 9.17) is 13.9 Å². The van der Waals surface area contributed by atoms with Gasteiger partial charge in [-0.05, 0) is 42.0 Å². The Kier molecular flexibility index (Phi) is 5.94. The molecule has 1 aliphatic heterocycles. The average molecular weight is 408 g/mol. The Balaban J connectivity index is 1.33. The zero-order chi connectivity index (χ0) is 20.9. The average Bonchev–Trinajstić information content (AvgIpc) is 3.34. The third-order valence-electron chi connectivity index (χ3n) is 5.25. The van der Waals surface area contributed by atoms with Gasteiger partial charge in [-0.25, -0.2) is 0 Å². The Hall–Kier alpha value is -3.39. The lowest BCUT2D eigenvalue weighted by molar-refractivity contribution is 0.0628. The van der Waals surface area contributed by atoms with E-state index < -0.39 is 0 Å². The van der Waals surface area contributed by atoms with Gasteiger partial charge in [0.05, 0.1) is 14.2 Å².